The van der Waals surface area contributed by atoms with Crippen LogP contribution in [-0.2, 0) is 15.1 Å². The third-order valence-corrected chi connectivity index (χ3v) is 6.47. The molecular formula is C22H27N3O7S. The molecule has 1 aliphatic heterocycles. The number of carbonyl (C=O) groups excluding carboxylic acids is 1. The van der Waals surface area contributed by atoms with E-state index in [1.165, 1.54) is 26.4 Å². The number of methoxy groups -OCH3 is 2. The van der Waals surface area contributed by atoms with Gasteiger partial charge in [-0.2, -0.15) is 8.42 Å². The fourth-order valence-corrected chi connectivity index (χ4v) is 4.92. The van der Waals surface area contributed by atoms with Crippen LogP contribution in [0.3, 0.4) is 0 Å². The van der Waals surface area contributed by atoms with E-state index in [0.717, 1.165) is 15.6 Å². The zero-order chi connectivity index (χ0) is 24.0. The number of nitrogens with one attached hydrogen (secondary N) is 1. The number of hydrogen-bond donors (Lipinski definition) is 3. The second-order valence-electron chi connectivity index (χ2n) is 7.40. The summed E-state index contributed by atoms with van der Waals surface area (Å²) in [4.78, 5) is 13.4. The van der Waals surface area contributed by atoms with Gasteiger partial charge in [0.2, 0.25) is 0 Å². The molecule has 2 aromatic rings. The monoisotopic (exact) mass is 477 g/mol. The van der Waals surface area contributed by atoms with Gasteiger partial charge in [-0.15, -0.1) is 0 Å². The standard InChI is InChI=1S/C22H27N3O7S/c1-31-20-9-8-18(15-21(20)32-2)25(33(28,29)30)17-11-13-24(14-12-17)19-6-4-3-5-16(19)7-10-22(26)23-27/h3-10,15,17,27H,11-14H2,1-2H3,(H,23,26)(H,28,29,30)/b10-7+. The number of amides is 1. The third kappa shape index (κ3) is 5.75. The van der Waals surface area contributed by atoms with Gasteiger partial charge in [0.15, 0.2) is 11.5 Å². The van der Waals surface area contributed by atoms with Crippen molar-refractivity contribution in [1.29, 1.82) is 0 Å². The van der Waals surface area contributed by atoms with Crippen LogP contribution in [0.2, 0.25) is 0 Å². The molecule has 1 fully saturated rings. The summed E-state index contributed by atoms with van der Waals surface area (Å²) in [7, 11) is -1.60. The average Bonchev–Trinajstić information content (AvgIpc) is 2.82. The van der Waals surface area contributed by atoms with Crippen molar-refractivity contribution in [2.45, 2.75) is 18.9 Å². The lowest BCUT2D eigenvalue weighted by Crippen LogP contribution is -2.47. The summed E-state index contributed by atoms with van der Waals surface area (Å²) in [6.07, 6.45) is 3.75. The number of ether oxygens (including phenoxy) is 2. The molecule has 0 bridgehead atoms. The molecule has 0 unspecified atom stereocenters. The van der Waals surface area contributed by atoms with Gasteiger partial charge >= 0.3 is 10.3 Å². The first kappa shape index (κ1) is 24.4. The second-order valence-corrected chi connectivity index (χ2v) is 8.69. The molecule has 1 saturated heterocycles. The van der Waals surface area contributed by atoms with Gasteiger partial charge in [-0.25, -0.2) is 9.79 Å². The summed E-state index contributed by atoms with van der Waals surface area (Å²) in [5.74, 6) is 0.168. The van der Waals surface area contributed by atoms with E-state index < -0.39 is 22.3 Å². The number of carbonyl (C=O) groups is 1. The van der Waals surface area contributed by atoms with Gasteiger partial charge in [0.25, 0.3) is 5.91 Å². The maximum Gasteiger partial charge on any atom is 0.360 e. The Morgan fingerprint density at radius 1 is 1.12 bits per heavy atom. The van der Waals surface area contributed by atoms with Gasteiger partial charge in [0.1, 0.15) is 0 Å². The van der Waals surface area contributed by atoms with Crippen LogP contribution >= 0.6 is 0 Å². The van der Waals surface area contributed by atoms with Gasteiger partial charge < -0.3 is 14.4 Å². The number of piperidine rings is 1. The van der Waals surface area contributed by atoms with Crippen molar-refractivity contribution < 1.29 is 32.4 Å². The minimum Gasteiger partial charge on any atom is -0.493 e. The van der Waals surface area contributed by atoms with Crippen molar-refractivity contribution in [3.05, 3.63) is 54.1 Å². The highest BCUT2D eigenvalue weighted by molar-refractivity contribution is 7.87. The molecule has 0 atom stereocenters. The maximum absolute atomic E-state index is 12.3. The van der Waals surface area contributed by atoms with Crippen LogP contribution in [-0.4, -0.2) is 57.4 Å². The molecule has 1 heterocycles. The van der Waals surface area contributed by atoms with E-state index in [0.29, 0.717) is 37.4 Å². The highest BCUT2D eigenvalue weighted by atomic mass is 32.2. The normalized spacial score (nSPS) is 14.8. The smallest absolute Gasteiger partial charge is 0.360 e. The van der Waals surface area contributed by atoms with Crippen LogP contribution in [0, 0.1) is 0 Å². The van der Waals surface area contributed by atoms with Gasteiger partial charge in [-0.1, -0.05) is 18.2 Å². The quantitative estimate of drug-likeness (QED) is 0.229. The highest BCUT2D eigenvalue weighted by Crippen LogP contribution is 2.35. The van der Waals surface area contributed by atoms with Crippen molar-refractivity contribution in [3.8, 4) is 11.5 Å². The molecule has 1 aliphatic rings. The van der Waals surface area contributed by atoms with Crippen LogP contribution in [0.25, 0.3) is 6.08 Å². The van der Waals surface area contributed by atoms with E-state index in [1.54, 1.807) is 23.7 Å². The van der Waals surface area contributed by atoms with Crippen molar-refractivity contribution in [1.82, 2.24) is 5.48 Å². The van der Waals surface area contributed by atoms with Crippen LogP contribution in [0.4, 0.5) is 11.4 Å². The Hall–Kier alpha value is -3.28. The molecule has 11 heteroatoms. The fraction of sp³-hybridized carbons (Fsp3) is 0.318. The lowest BCUT2D eigenvalue weighted by molar-refractivity contribution is -0.124. The molecule has 178 valence electrons. The number of anilines is 2. The molecule has 0 aliphatic carbocycles. The predicted molar refractivity (Wildman–Crippen MR) is 124 cm³/mol. The van der Waals surface area contributed by atoms with E-state index in [1.807, 2.05) is 24.3 Å². The molecule has 0 saturated carbocycles. The number of rotatable bonds is 8. The summed E-state index contributed by atoms with van der Waals surface area (Å²) in [6, 6.07) is 11.7. The molecular weight excluding hydrogens is 450 g/mol. The van der Waals surface area contributed by atoms with Crippen molar-refractivity contribution >= 4 is 33.7 Å². The minimum absolute atomic E-state index is 0.284. The van der Waals surface area contributed by atoms with E-state index in [2.05, 4.69) is 4.90 Å². The van der Waals surface area contributed by atoms with E-state index in [-0.39, 0.29) is 5.69 Å². The number of hydrogen-bond acceptors (Lipinski definition) is 7. The lowest BCUT2D eigenvalue weighted by Gasteiger charge is -2.39. The Morgan fingerprint density at radius 3 is 2.39 bits per heavy atom. The van der Waals surface area contributed by atoms with E-state index in [4.69, 9.17) is 14.7 Å². The summed E-state index contributed by atoms with van der Waals surface area (Å²) < 4.78 is 46.1. The zero-order valence-electron chi connectivity index (χ0n) is 18.3. The third-order valence-electron chi connectivity index (χ3n) is 5.47. The van der Waals surface area contributed by atoms with Crippen LogP contribution in [0.5, 0.6) is 11.5 Å². The van der Waals surface area contributed by atoms with Gasteiger partial charge in [0.05, 0.1) is 25.9 Å². The summed E-state index contributed by atoms with van der Waals surface area (Å²) in [5, 5.41) is 8.68. The first-order valence-corrected chi connectivity index (χ1v) is 11.6. The summed E-state index contributed by atoms with van der Waals surface area (Å²) >= 11 is 0. The number of nitrogens with zero attached hydrogens (tertiary/aromatic N) is 2. The SMILES string of the molecule is COc1ccc(N(C2CCN(c3ccccc3/C=C/C(=O)NO)CC2)S(=O)(=O)O)cc1OC. The first-order valence-electron chi connectivity index (χ1n) is 10.2. The lowest BCUT2D eigenvalue weighted by atomic mass is 10.0. The average molecular weight is 478 g/mol. The molecule has 2 aromatic carbocycles. The Balaban J connectivity index is 1.82. The van der Waals surface area contributed by atoms with Crippen molar-refractivity contribution in [2.24, 2.45) is 0 Å². The topological polar surface area (TPSA) is 129 Å². The van der Waals surface area contributed by atoms with E-state index in [9.17, 15) is 17.8 Å². The van der Waals surface area contributed by atoms with Gasteiger partial charge in [-0.3, -0.25) is 14.6 Å². The van der Waals surface area contributed by atoms with Crippen LogP contribution in [0.1, 0.15) is 18.4 Å². The molecule has 3 N–H and O–H groups in total. The number of benzene rings is 2. The van der Waals surface area contributed by atoms with E-state index >= 15 is 0 Å². The largest absolute Gasteiger partial charge is 0.493 e. The Labute approximate surface area is 192 Å². The van der Waals surface area contributed by atoms with Gasteiger partial charge in [0, 0.05) is 30.9 Å². The molecule has 3 rings (SSSR count). The molecule has 0 spiro atoms. The highest BCUT2D eigenvalue weighted by Gasteiger charge is 2.33. The van der Waals surface area contributed by atoms with Crippen LogP contribution < -0.4 is 24.2 Å². The zero-order valence-corrected chi connectivity index (χ0v) is 19.2. The van der Waals surface area contributed by atoms with Crippen LogP contribution in [0.15, 0.2) is 48.5 Å². The Morgan fingerprint density at radius 2 is 1.79 bits per heavy atom. The molecule has 10 nitrogen and oxygen atoms in total. The summed E-state index contributed by atoms with van der Waals surface area (Å²) in [6.45, 7) is 1.06. The molecule has 33 heavy (non-hydrogen) atoms. The molecule has 0 radical (unpaired) electrons. The maximum atomic E-state index is 12.3. The Kier molecular flexibility index (Phi) is 7.79. The Bertz CT molecular complexity index is 1110. The molecule has 0 aromatic heterocycles. The summed E-state index contributed by atoms with van der Waals surface area (Å²) in [5.41, 5.74) is 3.50. The number of hydroxylamine groups is 1. The van der Waals surface area contributed by atoms with Crippen molar-refractivity contribution in [3.63, 3.8) is 0 Å². The number of para-hydroxylation sites is 1. The minimum atomic E-state index is -4.53. The van der Waals surface area contributed by atoms with Crippen molar-refractivity contribution in [2.75, 3.05) is 36.5 Å². The molecule has 1 amide bonds. The first-order chi connectivity index (χ1) is 15.8. The predicted octanol–water partition coefficient (Wildman–Crippen LogP) is 2.50. The fourth-order valence-electron chi connectivity index (χ4n) is 3.95. The van der Waals surface area contributed by atoms with Gasteiger partial charge in [-0.05, 0) is 42.7 Å². The second kappa shape index (κ2) is 10.6.